The number of urea groups is 1. The number of likely N-dealkylation sites (tertiary alicyclic amines) is 1. The molecule has 3 amide bonds. The first kappa shape index (κ1) is 18.0. The molecule has 0 aliphatic carbocycles. The summed E-state index contributed by atoms with van der Waals surface area (Å²) >= 11 is 0. The molecule has 5 heteroatoms. The second-order valence-corrected chi connectivity index (χ2v) is 6.50. The second kappa shape index (κ2) is 8.52. The molecular weight excluding hydrogens is 326 g/mol. The zero-order valence-corrected chi connectivity index (χ0v) is 15.1. The zero-order valence-electron chi connectivity index (χ0n) is 15.1. The Bertz CT molecular complexity index is 733. The van der Waals surface area contributed by atoms with Crippen LogP contribution >= 0.6 is 0 Å². The summed E-state index contributed by atoms with van der Waals surface area (Å²) in [4.78, 5) is 29.1. The molecule has 5 nitrogen and oxygen atoms in total. The summed E-state index contributed by atoms with van der Waals surface area (Å²) in [6.07, 6.45) is 1.66. The van der Waals surface area contributed by atoms with Gasteiger partial charge in [0.05, 0.1) is 5.92 Å². The molecule has 1 N–H and O–H groups in total. The molecule has 2 aromatic rings. The number of carbonyl (C=O) groups is 2. The average molecular weight is 351 g/mol. The highest BCUT2D eigenvalue weighted by atomic mass is 16.2. The smallest absolute Gasteiger partial charge is 0.321 e. The van der Waals surface area contributed by atoms with Crippen LogP contribution in [-0.4, -0.2) is 36.5 Å². The lowest BCUT2D eigenvalue weighted by Crippen LogP contribution is -2.48. The van der Waals surface area contributed by atoms with E-state index in [-0.39, 0.29) is 17.9 Å². The van der Waals surface area contributed by atoms with Crippen LogP contribution in [0.2, 0.25) is 0 Å². The number of carbonyl (C=O) groups excluding carboxylic acids is 2. The standard InChI is InChI=1S/C21H25N3O2/c1-2-24(19-13-7-4-8-14-19)20(25)17-10-9-15-23(16-17)21(26)22-18-11-5-3-6-12-18/h3-8,11-14,17H,2,9-10,15-16H2,1H3,(H,22,26). The van der Waals surface area contributed by atoms with Crippen LogP contribution in [0.15, 0.2) is 60.7 Å². The maximum absolute atomic E-state index is 13.0. The van der Waals surface area contributed by atoms with Gasteiger partial charge in [0.1, 0.15) is 0 Å². The lowest BCUT2D eigenvalue weighted by molar-refractivity contribution is -0.123. The maximum Gasteiger partial charge on any atom is 0.321 e. The molecule has 1 saturated heterocycles. The molecule has 0 spiro atoms. The maximum atomic E-state index is 13.0. The number of hydrogen-bond acceptors (Lipinski definition) is 2. The topological polar surface area (TPSA) is 52.7 Å². The number of benzene rings is 2. The van der Waals surface area contributed by atoms with Gasteiger partial charge in [-0.2, -0.15) is 0 Å². The summed E-state index contributed by atoms with van der Waals surface area (Å²) in [5, 5.41) is 2.91. The third kappa shape index (κ3) is 4.23. The van der Waals surface area contributed by atoms with Gasteiger partial charge < -0.3 is 15.1 Å². The SMILES string of the molecule is CCN(C(=O)C1CCCN(C(=O)Nc2ccccc2)C1)c1ccccc1. The Balaban J connectivity index is 1.65. The van der Waals surface area contributed by atoms with Crippen molar-refractivity contribution in [2.45, 2.75) is 19.8 Å². The Morgan fingerprint density at radius 3 is 2.38 bits per heavy atom. The molecule has 136 valence electrons. The van der Waals surface area contributed by atoms with E-state index in [0.717, 1.165) is 24.2 Å². The molecule has 1 aliphatic heterocycles. The summed E-state index contributed by atoms with van der Waals surface area (Å²) in [5.74, 6) is -0.0682. The summed E-state index contributed by atoms with van der Waals surface area (Å²) < 4.78 is 0. The van der Waals surface area contributed by atoms with Gasteiger partial charge in [-0.25, -0.2) is 4.79 Å². The fraction of sp³-hybridized carbons (Fsp3) is 0.333. The highest BCUT2D eigenvalue weighted by Crippen LogP contribution is 2.23. The normalized spacial score (nSPS) is 16.8. The molecule has 2 aromatic carbocycles. The van der Waals surface area contributed by atoms with Gasteiger partial charge in [0, 0.05) is 31.0 Å². The molecule has 3 rings (SSSR count). The molecule has 0 radical (unpaired) electrons. The van der Waals surface area contributed by atoms with Crippen molar-refractivity contribution in [1.29, 1.82) is 0 Å². The molecule has 0 aromatic heterocycles. The minimum atomic E-state index is -0.162. The molecule has 26 heavy (non-hydrogen) atoms. The van der Waals surface area contributed by atoms with E-state index in [2.05, 4.69) is 5.32 Å². The summed E-state index contributed by atoms with van der Waals surface area (Å²) in [7, 11) is 0. The molecule has 1 fully saturated rings. The van der Waals surface area contributed by atoms with E-state index in [1.165, 1.54) is 0 Å². The van der Waals surface area contributed by atoms with Crippen molar-refractivity contribution in [3.05, 3.63) is 60.7 Å². The van der Waals surface area contributed by atoms with Crippen molar-refractivity contribution in [2.75, 3.05) is 29.9 Å². The van der Waals surface area contributed by atoms with E-state index < -0.39 is 0 Å². The molecule has 1 heterocycles. The van der Waals surface area contributed by atoms with E-state index in [0.29, 0.717) is 19.6 Å². The van der Waals surface area contributed by atoms with Gasteiger partial charge in [0.25, 0.3) is 0 Å². The average Bonchev–Trinajstić information content (AvgIpc) is 2.70. The van der Waals surface area contributed by atoms with Crippen LogP contribution in [-0.2, 0) is 4.79 Å². The number of nitrogens with one attached hydrogen (secondary N) is 1. The van der Waals surface area contributed by atoms with Crippen molar-refractivity contribution < 1.29 is 9.59 Å². The molecule has 0 bridgehead atoms. The van der Waals surface area contributed by atoms with Crippen LogP contribution in [0.25, 0.3) is 0 Å². The third-order valence-corrected chi connectivity index (χ3v) is 4.73. The Morgan fingerprint density at radius 2 is 1.73 bits per heavy atom. The fourth-order valence-corrected chi connectivity index (χ4v) is 3.38. The minimum absolute atomic E-state index is 0.0934. The molecule has 1 aliphatic rings. The van der Waals surface area contributed by atoms with Crippen molar-refractivity contribution in [3.63, 3.8) is 0 Å². The van der Waals surface area contributed by atoms with Gasteiger partial charge in [-0.05, 0) is 44.0 Å². The number of piperidine rings is 1. The van der Waals surface area contributed by atoms with Crippen LogP contribution in [0.5, 0.6) is 0 Å². The van der Waals surface area contributed by atoms with Gasteiger partial charge in [-0.1, -0.05) is 36.4 Å². The Labute approximate surface area is 154 Å². The van der Waals surface area contributed by atoms with Crippen LogP contribution in [0, 0.1) is 5.92 Å². The summed E-state index contributed by atoms with van der Waals surface area (Å²) in [6, 6.07) is 19.0. The minimum Gasteiger partial charge on any atom is -0.324 e. The van der Waals surface area contributed by atoms with Crippen LogP contribution < -0.4 is 10.2 Å². The Kier molecular flexibility index (Phi) is 5.89. The monoisotopic (exact) mass is 351 g/mol. The second-order valence-electron chi connectivity index (χ2n) is 6.50. The van der Waals surface area contributed by atoms with E-state index in [1.54, 1.807) is 4.90 Å². The number of hydrogen-bond donors (Lipinski definition) is 1. The van der Waals surface area contributed by atoms with Crippen molar-refractivity contribution in [2.24, 2.45) is 5.92 Å². The number of nitrogens with zero attached hydrogens (tertiary/aromatic N) is 2. The summed E-state index contributed by atoms with van der Waals surface area (Å²) in [5.41, 5.74) is 1.68. The lowest BCUT2D eigenvalue weighted by Gasteiger charge is -2.34. The van der Waals surface area contributed by atoms with Gasteiger partial charge in [-0.15, -0.1) is 0 Å². The van der Waals surface area contributed by atoms with Crippen molar-refractivity contribution >= 4 is 23.3 Å². The molecule has 0 saturated carbocycles. The van der Waals surface area contributed by atoms with Crippen LogP contribution in [0.1, 0.15) is 19.8 Å². The number of para-hydroxylation sites is 2. The Hall–Kier alpha value is -2.82. The number of amides is 3. The first-order valence-electron chi connectivity index (χ1n) is 9.16. The molecule has 1 unspecified atom stereocenters. The predicted octanol–water partition coefficient (Wildman–Crippen LogP) is 3.98. The molecule has 1 atom stereocenters. The fourth-order valence-electron chi connectivity index (χ4n) is 3.38. The zero-order chi connectivity index (χ0) is 18.4. The summed E-state index contributed by atoms with van der Waals surface area (Å²) in [6.45, 7) is 3.74. The number of anilines is 2. The van der Waals surface area contributed by atoms with E-state index in [4.69, 9.17) is 0 Å². The van der Waals surface area contributed by atoms with E-state index in [9.17, 15) is 9.59 Å². The van der Waals surface area contributed by atoms with Gasteiger partial charge in [0.2, 0.25) is 5.91 Å². The van der Waals surface area contributed by atoms with Gasteiger partial charge >= 0.3 is 6.03 Å². The third-order valence-electron chi connectivity index (χ3n) is 4.73. The van der Waals surface area contributed by atoms with E-state index >= 15 is 0 Å². The lowest BCUT2D eigenvalue weighted by atomic mass is 9.96. The first-order valence-corrected chi connectivity index (χ1v) is 9.16. The Morgan fingerprint density at radius 1 is 1.08 bits per heavy atom. The quantitative estimate of drug-likeness (QED) is 0.906. The van der Waals surface area contributed by atoms with Gasteiger partial charge in [-0.3, -0.25) is 4.79 Å². The van der Waals surface area contributed by atoms with Crippen molar-refractivity contribution in [3.8, 4) is 0 Å². The highest BCUT2D eigenvalue weighted by molar-refractivity contribution is 5.96. The van der Waals surface area contributed by atoms with Crippen LogP contribution in [0.3, 0.4) is 0 Å². The number of rotatable bonds is 4. The highest BCUT2D eigenvalue weighted by Gasteiger charge is 2.31. The van der Waals surface area contributed by atoms with Crippen molar-refractivity contribution in [1.82, 2.24) is 4.90 Å². The van der Waals surface area contributed by atoms with Gasteiger partial charge in [0.15, 0.2) is 0 Å². The largest absolute Gasteiger partial charge is 0.324 e. The van der Waals surface area contributed by atoms with Crippen LogP contribution in [0.4, 0.5) is 16.2 Å². The first-order chi connectivity index (χ1) is 12.7. The predicted molar refractivity (Wildman–Crippen MR) is 104 cm³/mol. The van der Waals surface area contributed by atoms with E-state index in [1.807, 2.05) is 72.5 Å². The molecular formula is C21H25N3O2.